The standard InChI is InChI=1S/C27H37P/c1-2-4-19(5-3-1)18-28(26-12-20-6-21(13-26)8-22(7-20)14-26)27-15-23-9-24(16-27)11-25(10-23)17-27/h1-5,20-25H,6-18H2. The van der Waals surface area contributed by atoms with E-state index in [2.05, 4.69) is 30.3 Å². The molecule has 0 saturated heterocycles. The molecule has 8 aliphatic carbocycles. The normalized spacial score (nSPS) is 51.6. The molecule has 0 radical (unpaired) electrons. The van der Waals surface area contributed by atoms with Crippen LogP contribution >= 0.6 is 7.92 Å². The van der Waals surface area contributed by atoms with Crippen LogP contribution in [0.2, 0.25) is 0 Å². The van der Waals surface area contributed by atoms with Gasteiger partial charge in [0.2, 0.25) is 0 Å². The highest BCUT2D eigenvalue weighted by Crippen LogP contribution is 2.79. The molecule has 1 aromatic carbocycles. The average Bonchev–Trinajstić information content (AvgIpc) is 2.64. The molecule has 0 atom stereocenters. The fourth-order valence-electron chi connectivity index (χ4n) is 10.4. The summed E-state index contributed by atoms with van der Waals surface area (Å²) in [7, 11) is 0.115. The van der Waals surface area contributed by atoms with Crippen molar-refractivity contribution in [3.8, 4) is 0 Å². The van der Waals surface area contributed by atoms with Crippen LogP contribution in [-0.2, 0) is 6.16 Å². The Morgan fingerprint density at radius 1 is 0.571 bits per heavy atom. The van der Waals surface area contributed by atoms with Gasteiger partial charge in [-0.05, 0) is 135 Å². The fourth-order valence-corrected chi connectivity index (χ4v) is 15.5. The van der Waals surface area contributed by atoms with Gasteiger partial charge in [0.25, 0.3) is 0 Å². The van der Waals surface area contributed by atoms with E-state index in [1.807, 2.05) is 0 Å². The second-order valence-electron chi connectivity index (χ2n) is 12.4. The van der Waals surface area contributed by atoms with Crippen molar-refractivity contribution >= 4 is 7.92 Å². The van der Waals surface area contributed by atoms with E-state index in [0.717, 1.165) is 45.8 Å². The molecule has 150 valence electrons. The average molecular weight is 393 g/mol. The van der Waals surface area contributed by atoms with Crippen LogP contribution in [0.1, 0.15) is 82.6 Å². The van der Waals surface area contributed by atoms with E-state index < -0.39 is 0 Å². The van der Waals surface area contributed by atoms with Crippen molar-refractivity contribution in [1.29, 1.82) is 0 Å². The minimum absolute atomic E-state index is 0.115. The molecule has 8 fully saturated rings. The van der Waals surface area contributed by atoms with E-state index in [1.165, 1.54) is 6.16 Å². The van der Waals surface area contributed by atoms with E-state index in [1.54, 1.807) is 82.6 Å². The van der Waals surface area contributed by atoms with Gasteiger partial charge in [0.15, 0.2) is 0 Å². The smallest absolute Gasteiger partial charge is 0.00631 e. The van der Waals surface area contributed by atoms with Gasteiger partial charge in [0.05, 0.1) is 0 Å². The Kier molecular flexibility index (Phi) is 3.77. The zero-order valence-electron chi connectivity index (χ0n) is 17.5. The third kappa shape index (κ3) is 2.58. The molecule has 0 heterocycles. The molecule has 8 aliphatic rings. The summed E-state index contributed by atoms with van der Waals surface area (Å²) >= 11 is 0. The van der Waals surface area contributed by atoms with Gasteiger partial charge < -0.3 is 0 Å². The zero-order chi connectivity index (χ0) is 18.3. The lowest BCUT2D eigenvalue weighted by Gasteiger charge is -2.67. The Morgan fingerprint density at radius 2 is 0.929 bits per heavy atom. The van der Waals surface area contributed by atoms with Gasteiger partial charge in [-0.1, -0.05) is 38.3 Å². The van der Waals surface area contributed by atoms with Crippen molar-refractivity contribution in [2.24, 2.45) is 35.5 Å². The Hall–Kier alpha value is -0.350. The van der Waals surface area contributed by atoms with Gasteiger partial charge in [-0.15, -0.1) is 0 Å². The van der Waals surface area contributed by atoms with Crippen molar-refractivity contribution in [3.05, 3.63) is 35.9 Å². The maximum atomic E-state index is 2.47. The van der Waals surface area contributed by atoms with Gasteiger partial charge in [-0.25, -0.2) is 0 Å². The van der Waals surface area contributed by atoms with Gasteiger partial charge in [-0.2, -0.15) is 0 Å². The van der Waals surface area contributed by atoms with Crippen molar-refractivity contribution in [2.45, 2.75) is 93.5 Å². The lowest BCUT2D eigenvalue weighted by Crippen LogP contribution is -2.56. The first-order valence-corrected chi connectivity index (χ1v) is 14.0. The summed E-state index contributed by atoms with van der Waals surface area (Å²) in [5.41, 5.74) is 1.68. The van der Waals surface area contributed by atoms with Crippen LogP contribution in [0.15, 0.2) is 30.3 Å². The topological polar surface area (TPSA) is 0 Å². The predicted molar refractivity (Wildman–Crippen MR) is 119 cm³/mol. The summed E-state index contributed by atoms with van der Waals surface area (Å²) < 4.78 is 0. The summed E-state index contributed by atoms with van der Waals surface area (Å²) in [6.45, 7) is 0. The minimum atomic E-state index is 0.115. The summed E-state index contributed by atoms with van der Waals surface area (Å²) in [6, 6.07) is 11.8. The highest BCUT2D eigenvalue weighted by Gasteiger charge is 2.62. The second-order valence-corrected chi connectivity index (χ2v) is 15.4. The first-order valence-electron chi connectivity index (χ1n) is 12.5. The summed E-state index contributed by atoms with van der Waals surface area (Å²) in [5.74, 6) is 6.67. The number of hydrogen-bond donors (Lipinski definition) is 0. The van der Waals surface area contributed by atoms with E-state index >= 15 is 0 Å². The molecule has 1 heteroatoms. The molecule has 0 unspecified atom stereocenters. The zero-order valence-corrected chi connectivity index (χ0v) is 18.4. The van der Waals surface area contributed by atoms with Crippen LogP contribution < -0.4 is 0 Å². The molecule has 1 aromatic rings. The van der Waals surface area contributed by atoms with E-state index in [-0.39, 0.29) is 7.92 Å². The first-order chi connectivity index (χ1) is 13.7. The van der Waals surface area contributed by atoms with Crippen molar-refractivity contribution in [1.82, 2.24) is 0 Å². The summed E-state index contributed by atoms with van der Waals surface area (Å²) in [5, 5.41) is 1.57. The second kappa shape index (κ2) is 6.09. The third-order valence-corrected chi connectivity index (χ3v) is 14.4. The van der Waals surface area contributed by atoms with Crippen molar-refractivity contribution < 1.29 is 0 Å². The fraction of sp³-hybridized carbons (Fsp3) is 0.778. The quantitative estimate of drug-likeness (QED) is 0.463. The van der Waals surface area contributed by atoms with Crippen LogP contribution in [0.25, 0.3) is 0 Å². The Labute approximate surface area is 173 Å². The van der Waals surface area contributed by atoms with E-state index in [4.69, 9.17) is 0 Å². The van der Waals surface area contributed by atoms with Crippen molar-refractivity contribution in [2.75, 3.05) is 0 Å². The number of rotatable bonds is 4. The molecule has 8 bridgehead atoms. The largest absolute Gasteiger partial charge is 0.0894 e. The summed E-state index contributed by atoms with van der Waals surface area (Å²) in [6.07, 6.45) is 20.9. The molecule has 0 aromatic heterocycles. The molecule has 9 rings (SSSR count). The molecule has 0 amide bonds. The van der Waals surface area contributed by atoms with Gasteiger partial charge >= 0.3 is 0 Å². The van der Waals surface area contributed by atoms with E-state index in [9.17, 15) is 0 Å². The van der Waals surface area contributed by atoms with Crippen LogP contribution in [0.5, 0.6) is 0 Å². The SMILES string of the molecule is c1ccc(CP(C23CC4CC(CC(C4)C2)C3)C23CC4CC(CC(C4)C2)C3)cc1. The summed E-state index contributed by atoms with van der Waals surface area (Å²) in [4.78, 5) is 0. The van der Waals surface area contributed by atoms with Crippen molar-refractivity contribution in [3.63, 3.8) is 0 Å². The van der Waals surface area contributed by atoms with Gasteiger partial charge in [0.1, 0.15) is 0 Å². The molecule has 28 heavy (non-hydrogen) atoms. The number of hydrogen-bond acceptors (Lipinski definition) is 0. The van der Waals surface area contributed by atoms with E-state index in [0.29, 0.717) is 0 Å². The van der Waals surface area contributed by atoms with Gasteiger partial charge in [-0.3, -0.25) is 0 Å². The van der Waals surface area contributed by atoms with Crippen LogP contribution in [0.4, 0.5) is 0 Å². The Morgan fingerprint density at radius 3 is 1.29 bits per heavy atom. The van der Waals surface area contributed by atoms with Crippen LogP contribution in [-0.4, -0.2) is 10.3 Å². The Balaban J connectivity index is 1.31. The molecular weight excluding hydrogens is 355 g/mol. The molecule has 0 N–H and O–H groups in total. The molecule has 0 aliphatic heterocycles. The molecule has 8 saturated carbocycles. The highest BCUT2D eigenvalue weighted by molar-refractivity contribution is 7.60. The first kappa shape index (κ1) is 17.3. The lowest BCUT2D eigenvalue weighted by molar-refractivity contribution is 0.0184. The lowest BCUT2D eigenvalue weighted by atomic mass is 9.55. The molecular formula is C27H37P. The molecule has 0 spiro atoms. The van der Waals surface area contributed by atoms with Crippen LogP contribution in [0.3, 0.4) is 0 Å². The third-order valence-electron chi connectivity index (χ3n) is 10.3. The number of benzene rings is 1. The predicted octanol–water partition coefficient (Wildman–Crippen LogP) is 7.61. The maximum absolute atomic E-state index is 2.47. The molecule has 0 nitrogen and oxygen atoms in total. The maximum Gasteiger partial charge on any atom is -0.00631 e. The monoisotopic (exact) mass is 392 g/mol. The van der Waals surface area contributed by atoms with Gasteiger partial charge in [0, 0.05) is 0 Å². The minimum Gasteiger partial charge on any atom is -0.0894 e. The Bertz CT molecular complexity index is 634. The van der Waals surface area contributed by atoms with Crippen LogP contribution in [0, 0.1) is 35.5 Å². The highest BCUT2D eigenvalue weighted by atomic mass is 31.1.